The Balaban J connectivity index is 1.04. The molecule has 1 saturated heterocycles. The maximum atomic E-state index is 2.66. The van der Waals surface area contributed by atoms with Crippen molar-refractivity contribution < 1.29 is 0 Å². The molecule has 3 aliphatic heterocycles. The number of nitrogens with zero attached hydrogens (tertiary/aromatic N) is 1. The van der Waals surface area contributed by atoms with Crippen LogP contribution in [-0.4, -0.2) is 26.6 Å². The molecule has 6 atom stereocenters. The van der Waals surface area contributed by atoms with Crippen LogP contribution in [0.25, 0.3) is 11.6 Å². The highest BCUT2D eigenvalue weighted by atomic mass is 32.2. The van der Waals surface area contributed by atoms with Crippen LogP contribution in [0.2, 0.25) is 31.7 Å². The minimum absolute atomic E-state index is 0.486. The molecule has 1 fully saturated rings. The van der Waals surface area contributed by atoms with Gasteiger partial charge < -0.3 is 4.90 Å². The Hall–Kier alpha value is -4.10. The summed E-state index contributed by atoms with van der Waals surface area (Å²) in [5.41, 5.74) is 12.6. The van der Waals surface area contributed by atoms with Gasteiger partial charge in [-0.15, -0.1) is 11.8 Å². The van der Waals surface area contributed by atoms with Gasteiger partial charge in [-0.25, -0.2) is 0 Å². The van der Waals surface area contributed by atoms with Crippen LogP contribution in [0.15, 0.2) is 156 Å². The minimum Gasteiger partial charge on any atom is -0.314 e. The normalized spacial score (nSPS) is 29.7. The van der Waals surface area contributed by atoms with Crippen molar-refractivity contribution in [3.05, 3.63) is 177 Å². The van der Waals surface area contributed by atoms with Gasteiger partial charge in [0.15, 0.2) is 0 Å². The highest BCUT2D eigenvalue weighted by Gasteiger charge is 2.52. The van der Waals surface area contributed by atoms with E-state index in [1.54, 1.807) is 37.8 Å². The molecule has 3 aromatic rings. The molecule has 5 aliphatic carbocycles. The first-order chi connectivity index (χ1) is 26.3. The number of anilines is 2. The van der Waals surface area contributed by atoms with Gasteiger partial charge in [0.1, 0.15) is 8.07 Å². The number of hydrogen-bond acceptors (Lipinski definition) is 2. The average Bonchev–Trinajstić information content (AvgIpc) is 3.78. The molecule has 4 heteroatoms. The molecule has 3 heterocycles. The highest BCUT2D eigenvalue weighted by molar-refractivity contribution is 8.01. The predicted octanol–water partition coefficient (Wildman–Crippen LogP) is 10.0. The first kappa shape index (κ1) is 33.3. The summed E-state index contributed by atoms with van der Waals surface area (Å²) in [6, 6.07) is 24.3. The third kappa shape index (κ3) is 4.82. The summed E-state index contributed by atoms with van der Waals surface area (Å²) < 4.78 is 0. The van der Waals surface area contributed by atoms with E-state index in [9.17, 15) is 0 Å². The lowest BCUT2D eigenvalue weighted by atomic mass is 9.81. The predicted molar refractivity (Wildman–Crippen MR) is 238 cm³/mol. The number of fused-ring (bicyclic) bond motifs is 11. The van der Waals surface area contributed by atoms with Crippen LogP contribution in [0.3, 0.4) is 0 Å². The summed E-state index contributed by atoms with van der Waals surface area (Å²) >= 11 is 2.22. The molecule has 0 bridgehead atoms. The lowest BCUT2D eigenvalue weighted by Crippen LogP contribution is -2.41. The molecule has 0 saturated carbocycles. The fraction of sp³-hybridized carbons (Fsp3) is 0.280. The second-order valence-corrected chi connectivity index (χ2v) is 28.1. The van der Waals surface area contributed by atoms with Gasteiger partial charge >= 0.3 is 0 Å². The second kappa shape index (κ2) is 12.2. The van der Waals surface area contributed by atoms with E-state index >= 15 is 0 Å². The van der Waals surface area contributed by atoms with E-state index in [1.165, 1.54) is 33.1 Å². The van der Waals surface area contributed by atoms with Gasteiger partial charge in [0.25, 0.3) is 0 Å². The van der Waals surface area contributed by atoms with E-state index in [2.05, 4.69) is 183 Å². The van der Waals surface area contributed by atoms with Crippen LogP contribution < -0.4 is 25.7 Å². The Morgan fingerprint density at radius 3 is 2.35 bits per heavy atom. The third-order valence-electron chi connectivity index (χ3n) is 14.4. The zero-order valence-electron chi connectivity index (χ0n) is 31.9. The monoisotopic (exact) mass is 751 g/mol. The topological polar surface area (TPSA) is 3.24 Å². The van der Waals surface area contributed by atoms with E-state index in [1.807, 2.05) is 0 Å². The van der Waals surface area contributed by atoms with Gasteiger partial charge in [-0.1, -0.05) is 146 Å². The standard InChI is InChI=1S/C50H49NSSi2/c1-53(2)45-19-10-8-16-40(45)43-30-35(25-28-46(43)53)51(34-22-20-33(21-23-34)38-17-11-13-32-12-5-6-14-37(32)38)36-24-26-42-48(31-36)54(3,4)47-29-27-41-39-15-7-9-18-44(39)52-50(41)49(42)47/h5-10,12-16,18-20,22,24-31,39-40,44-45,49-50H,11,17,21,23H2,1-4H3. The van der Waals surface area contributed by atoms with Gasteiger partial charge in [0, 0.05) is 45.3 Å². The molecule has 11 rings (SSSR count). The number of hydrogen-bond donors (Lipinski definition) is 0. The van der Waals surface area contributed by atoms with Gasteiger partial charge in [-0.05, 0) is 105 Å². The number of rotatable bonds is 4. The van der Waals surface area contributed by atoms with Crippen molar-refractivity contribution in [2.45, 2.75) is 79.7 Å². The smallest absolute Gasteiger partial charge is 0.108 e. The molecule has 6 unspecified atom stereocenters. The fourth-order valence-corrected chi connectivity index (χ4v) is 20.5. The fourth-order valence-electron chi connectivity index (χ4n) is 11.6. The van der Waals surface area contributed by atoms with E-state index in [0.29, 0.717) is 33.8 Å². The summed E-state index contributed by atoms with van der Waals surface area (Å²) in [7, 11) is -3.53. The molecule has 0 N–H and O–H groups in total. The van der Waals surface area contributed by atoms with Crippen LogP contribution in [0.5, 0.6) is 0 Å². The number of thioether (sulfide) groups is 1. The van der Waals surface area contributed by atoms with Crippen molar-refractivity contribution in [3.63, 3.8) is 0 Å². The molecule has 54 heavy (non-hydrogen) atoms. The van der Waals surface area contributed by atoms with Gasteiger partial charge in [0.2, 0.25) is 0 Å². The van der Waals surface area contributed by atoms with E-state index < -0.39 is 16.1 Å². The molecule has 0 aromatic heterocycles. The number of allylic oxidation sites excluding steroid dienone is 14. The zero-order valence-corrected chi connectivity index (χ0v) is 34.7. The summed E-state index contributed by atoms with van der Waals surface area (Å²) in [4.78, 5) is 2.66. The first-order valence-corrected chi connectivity index (χ1v) is 27.4. The van der Waals surface area contributed by atoms with Crippen LogP contribution >= 0.6 is 11.8 Å². The molecule has 0 spiro atoms. The lowest BCUT2D eigenvalue weighted by Gasteiger charge is -2.32. The third-order valence-corrected chi connectivity index (χ3v) is 23.7. The van der Waals surface area contributed by atoms with Crippen LogP contribution in [0, 0.1) is 5.92 Å². The Morgan fingerprint density at radius 1 is 0.685 bits per heavy atom. The van der Waals surface area contributed by atoms with E-state index in [0.717, 1.165) is 25.7 Å². The quantitative estimate of drug-likeness (QED) is 0.244. The maximum Gasteiger partial charge on any atom is 0.108 e. The Labute approximate surface area is 327 Å². The highest BCUT2D eigenvalue weighted by Crippen LogP contribution is 2.58. The van der Waals surface area contributed by atoms with Crippen LogP contribution in [-0.2, 0) is 0 Å². The maximum absolute atomic E-state index is 2.66. The molecule has 268 valence electrons. The summed E-state index contributed by atoms with van der Waals surface area (Å²) in [6.45, 7) is 10.4. The molecule has 8 aliphatic rings. The van der Waals surface area contributed by atoms with E-state index in [4.69, 9.17) is 0 Å². The summed E-state index contributed by atoms with van der Waals surface area (Å²) in [5.74, 6) is 1.53. The average molecular weight is 752 g/mol. The molecule has 0 radical (unpaired) electrons. The summed E-state index contributed by atoms with van der Waals surface area (Å²) in [6.07, 6.45) is 35.8. The zero-order chi connectivity index (χ0) is 36.3. The Bertz CT molecular complexity index is 2540. The lowest BCUT2D eigenvalue weighted by molar-refractivity contribution is 0.737. The van der Waals surface area contributed by atoms with Gasteiger partial charge in [-0.3, -0.25) is 0 Å². The van der Waals surface area contributed by atoms with Crippen molar-refractivity contribution >= 4 is 61.3 Å². The minimum atomic E-state index is -1.89. The van der Waals surface area contributed by atoms with Gasteiger partial charge in [0.05, 0.1) is 8.07 Å². The van der Waals surface area contributed by atoms with E-state index in [-0.39, 0.29) is 0 Å². The van der Waals surface area contributed by atoms with Crippen molar-refractivity contribution in [2.75, 3.05) is 4.90 Å². The number of benzene rings is 3. The van der Waals surface area contributed by atoms with Crippen molar-refractivity contribution in [3.8, 4) is 0 Å². The molecule has 1 nitrogen and oxygen atoms in total. The Kier molecular flexibility index (Phi) is 7.51. The first-order valence-electron chi connectivity index (χ1n) is 20.3. The van der Waals surface area contributed by atoms with Crippen molar-refractivity contribution in [1.82, 2.24) is 0 Å². The second-order valence-electron chi connectivity index (χ2n) is 17.8. The van der Waals surface area contributed by atoms with Gasteiger partial charge in [-0.2, -0.15) is 0 Å². The SMILES string of the molecule is C[Si]1(C)C2=CC=C3C4C=CC=CC4SC3C2c2ccc(N(C3=CC=C(C4=c5ccccc5=CCC4)CC3)c3ccc4c(c3)C3C=CC=CC3[Si]4(C)C)cc21. The summed E-state index contributed by atoms with van der Waals surface area (Å²) in [5, 5.41) is 8.96. The van der Waals surface area contributed by atoms with Crippen molar-refractivity contribution in [2.24, 2.45) is 5.92 Å². The molecular weight excluding hydrogens is 703 g/mol. The molecular formula is C50H49NSSi2. The largest absolute Gasteiger partial charge is 0.314 e. The molecule has 0 amide bonds. The Morgan fingerprint density at radius 2 is 1.48 bits per heavy atom. The van der Waals surface area contributed by atoms with Crippen LogP contribution in [0.4, 0.5) is 11.4 Å². The molecule has 3 aromatic carbocycles. The van der Waals surface area contributed by atoms with Crippen molar-refractivity contribution in [1.29, 1.82) is 0 Å². The van der Waals surface area contributed by atoms with Crippen LogP contribution in [0.1, 0.15) is 48.6 Å².